The van der Waals surface area contributed by atoms with Crippen molar-refractivity contribution in [3.05, 3.63) is 52.4 Å². The van der Waals surface area contributed by atoms with Crippen LogP contribution in [0.3, 0.4) is 0 Å². The average Bonchev–Trinajstić information content (AvgIpc) is 3.14. The third-order valence-electron chi connectivity index (χ3n) is 4.38. The van der Waals surface area contributed by atoms with Gasteiger partial charge in [-0.05, 0) is 30.0 Å². The number of hydrogen-bond acceptors (Lipinski definition) is 7. The van der Waals surface area contributed by atoms with E-state index in [1.807, 2.05) is 6.07 Å². The number of carbonyl (C=O) groups excluding carboxylic acids is 4. The summed E-state index contributed by atoms with van der Waals surface area (Å²) in [6.45, 7) is 1.28. The fourth-order valence-electron chi connectivity index (χ4n) is 2.85. The van der Waals surface area contributed by atoms with Gasteiger partial charge in [-0.3, -0.25) is 24.1 Å². The molecular formula is C20H17N3O5S. The van der Waals surface area contributed by atoms with Gasteiger partial charge in [-0.2, -0.15) is 5.26 Å². The molecule has 3 amide bonds. The highest BCUT2D eigenvalue weighted by atomic mass is 32.1. The number of benzene rings is 1. The lowest BCUT2D eigenvalue weighted by molar-refractivity contribution is -0.153. The van der Waals surface area contributed by atoms with Crippen LogP contribution >= 0.6 is 11.3 Å². The number of anilines is 1. The van der Waals surface area contributed by atoms with Crippen molar-refractivity contribution in [1.82, 2.24) is 4.90 Å². The summed E-state index contributed by atoms with van der Waals surface area (Å²) in [6, 6.07) is 10.4. The summed E-state index contributed by atoms with van der Waals surface area (Å²) in [5.74, 6) is -2.11. The maximum Gasteiger partial charge on any atom is 0.308 e. The topological polar surface area (TPSA) is 117 Å². The monoisotopic (exact) mass is 411 g/mol. The highest BCUT2D eigenvalue weighted by Gasteiger charge is 2.31. The molecule has 0 bridgehead atoms. The minimum atomic E-state index is -1.09. The number of esters is 1. The first-order valence-electron chi connectivity index (χ1n) is 8.81. The number of rotatable bonds is 6. The Balaban J connectivity index is 1.53. The summed E-state index contributed by atoms with van der Waals surface area (Å²) in [6.07, 6.45) is -1.22. The Bertz CT molecular complexity index is 1020. The molecule has 0 radical (unpaired) electrons. The molecule has 2 aromatic rings. The van der Waals surface area contributed by atoms with E-state index in [-0.39, 0.29) is 25.3 Å². The second kappa shape index (κ2) is 8.67. The van der Waals surface area contributed by atoms with Crippen LogP contribution in [0.4, 0.5) is 5.00 Å². The maximum absolute atomic E-state index is 12.5. The zero-order chi connectivity index (χ0) is 21.0. The van der Waals surface area contributed by atoms with E-state index in [2.05, 4.69) is 5.32 Å². The van der Waals surface area contributed by atoms with Crippen molar-refractivity contribution in [3.63, 3.8) is 0 Å². The van der Waals surface area contributed by atoms with Gasteiger partial charge in [0, 0.05) is 12.1 Å². The minimum absolute atomic E-state index is 0.0950. The molecule has 1 atom stereocenters. The highest BCUT2D eigenvalue weighted by Crippen LogP contribution is 2.23. The van der Waals surface area contributed by atoms with Crippen LogP contribution in [0, 0.1) is 11.3 Å². The van der Waals surface area contributed by atoms with Gasteiger partial charge in [-0.15, -0.1) is 11.3 Å². The number of imide groups is 1. The number of nitrogens with one attached hydrogen (secondary N) is 1. The first-order valence-corrected chi connectivity index (χ1v) is 9.69. The Morgan fingerprint density at radius 3 is 2.83 bits per heavy atom. The largest absolute Gasteiger partial charge is 0.452 e. The number of nitriles is 1. The molecular weight excluding hydrogens is 394 g/mol. The third kappa shape index (κ3) is 4.50. The van der Waals surface area contributed by atoms with Gasteiger partial charge in [0.25, 0.3) is 11.8 Å². The normalized spacial score (nSPS) is 14.0. The van der Waals surface area contributed by atoms with Gasteiger partial charge in [0.2, 0.25) is 5.91 Å². The minimum Gasteiger partial charge on any atom is -0.452 e. The molecule has 1 aliphatic heterocycles. The quantitative estimate of drug-likeness (QED) is 0.575. The number of nitrogens with zero attached hydrogens (tertiary/aromatic N) is 2. The predicted octanol–water partition coefficient (Wildman–Crippen LogP) is 2.11. The number of carbonyl (C=O) groups is 4. The third-order valence-corrected chi connectivity index (χ3v) is 5.20. The van der Waals surface area contributed by atoms with E-state index in [1.165, 1.54) is 18.3 Å². The molecule has 29 heavy (non-hydrogen) atoms. The van der Waals surface area contributed by atoms with Crippen molar-refractivity contribution in [1.29, 1.82) is 5.26 Å². The van der Waals surface area contributed by atoms with Crippen molar-refractivity contribution >= 4 is 40.0 Å². The van der Waals surface area contributed by atoms with Crippen LogP contribution in [0.25, 0.3) is 0 Å². The average molecular weight is 411 g/mol. The fourth-order valence-corrected chi connectivity index (χ4v) is 3.59. The molecule has 1 aromatic carbocycles. The molecule has 148 valence electrons. The van der Waals surface area contributed by atoms with Gasteiger partial charge in [0.1, 0.15) is 11.1 Å². The number of fused-ring (bicyclic) bond motifs is 1. The highest BCUT2D eigenvalue weighted by molar-refractivity contribution is 7.14. The van der Waals surface area contributed by atoms with Crippen LogP contribution in [-0.2, 0) is 25.5 Å². The van der Waals surface area contributed by atoms with E-state index in [0.29, 0.717) is 21.7 Å². The lowest BCUT2D eigenvalue weighted by atomic mass is 9.98. The Kier molecular flexibility index (Phi) is 6.04. The van der Waals surface area contributed by atoms with Gasteiger partial charge >= 0.3 is 5.97 Å². The molecule has 1 N–H and O–H groups in total. The Morgan fingerprint density at radius 1 is 1.31 bits per heavy atom. The zero-order valence-electron chi connectivity index (χ0n) is 15.5. The molecule has 1 aromatic heterocycles. The molecule has 0 spiro atoms. The second-order valence-corrected chi connectivity index (χ2v) is 7.25. The Labute approximate surface area is 170 Å². The van der Waals surface area contributed by atoms with E-state index in [1.54, 1.807) is 35.7 Å². The van der Waals surface area contributed by atoms with E-state index >= 15 is 0 Å². The summed E-state index contributed by atoms with van der Waals surface area (Å²) >= 11 is 1.19. The molecule has 3 rings (SSSR count). The van der Waals surface area contributed by atoms with Crippen LogP contribution in [-0.4, -0.2) is 41.2 Å². The molecule has 9 heteroatoms. The number of amides is 3. The summed E-state index contributed by atoms with van der Waals surface area (Å²) in [5.41, 5.74) is 1.43. The van der Waals surface area contributed by atoms with Gasteiger partial charge in [-0.1, -0.05) is 18.2 Å². The SMILES string of the molecule is C[C@@H](OC(=O)CCN1C(=O)Cc2ccccc2C1=O)C(=O)Nc1sccc1C#N. The zero-order valence-corrected chi connectivity index (χ0v) is 16.3. The van der Waals surface area contributed by atoms with Gasteiger partial charge < -0.3 is 10.1 Å². The number of ether oxygens (including phenoxy) is 1. The standard InChI is InChI=1S/C20H17N3O5S/c1-12(18(26)22-19-14(11-21)7-9-29-19)28-17(25)6-8-23-16(24)10-13-4-2-3-5-15(13)20(23)27/h2-5,7,9,12H,6,8,10H2,1H3,(H,22,26)/t12-/m1/s1. The number of hydrogen-bond donors (Lipinski definition) is 1. The van der Waals surface area contributed by atoms with Crippen LogP contribution in [0.5, 0.6) is 0 Å². The smallest absolute Gasteiger partial charge is 0.308 e. The summed E-state index contributed by atoms with van der Waals surface area (Å²) in [7, 11) is 0. The molecule has 8 nitrogen and oxygen atoms in total. The van der Waals surface area contributed by atoms with Crippen LogP contribution < -0.4 is 5.32 Å². The molecule has 0 saturated carbocycles. The molecule has 0 unspecified atom stereocenters. The summed E-state index contributed by atoms with van der Waals surface area (Å²) in [5, 5.41) is 13.5. The van der Waals surface area contributed by atoms with Gasteiger partial charge in [0.15, 0.2) is 6.10 Å². The van der Waals surface area contributed by atoms with E-state index in [9.17, 15) is 19.2 Å². The first-order chi connectivity index (χ1) is 13.9. The lowest BCUT2D eigenvalue weighted by Crippen LogP contribution is -2.43. The van der Waals surface area contributed by atoms with E-state index < -0.39 is 23.9 Å². The molecule has 0 saturated heterocycles. The van der Waals surface area contributed by atoms with Crippen molar-refractivity contribution in [3.8, 4) is 6.07 Å². The van der Waals surface area contributed by atoms with Crippen molar-refractivity contribution < 1.29 is 23.9 Å². The fraction of sp³-hybridized carbons (Fsp3) is 0.250. The van der Waals surface area contributed by atoms with E-state index in [4.69, 9.17) is 10.00 Å². The molecule has 0 aliphatic carbocycles. The van der Waals surface area contributed by atoms with Crippen molar-refractivity contribution in [2.75, 3.05) is 11.9 Å². The van der Waals surface area contributed by atoms with Crippen LogP contribution in [0.15, 0.2) is 35.7 Å². The molecule has 0 fully saturated rings. The van der Waals surface area contributed by atoms with Gasteiger partial charge in [-0.25, -0.2) is 0 Å². The van der Waals surface area contributed by atoms with Gasteiger partial charge in [0.05, 0.1) is 18.4 Å². The lowest BCUT2D eigenvalue weighted by Gasteiger charge is -2.26. The van der Waals surface area contributed by atoms with Crippen LogP contribution in [0.1, 0.15) is 34.8 Å². The second-order valence-electron chi connectivity index (χ2n) is 6.33. The van der Waals surface area contributed by atoms with Crippen molar-refractivity contribution in [2.24, 2.45) is 0 Å². The summed E-state index contributed by atoms with van der Waals surface area (Å²) < 4.78 is 5.09. The van der Waals surface area contributed by atoms with Crippen molar-refractivity contribution in [2.45, 2.75) is 25.9 Å². The number of thiophene rings is 1. The van der Waals surface area contributed by atoms with Crippen LogP contribution in [0.2, 0.25) is 0 Å². The predicted molar refractivity (Wildman–Crippen MR) is 104 cm³/mol. The summed E-state index contributed by atoms with van der Waals surface area (Å²) in [4.78, 5) is 49.9. The maximum atomic E-state index is 12.5. The first kappa shape index (κ1) is 20.2. The Hall–Kier alpha value is -3.51. The Morgan fingerprint density at radius 2 is 2.07 bits per heavy atom. The molecule has 1 aliphatic rings. The van der Waals surface area contributed by atoms with E-state index in [0.717, 1.165) is 4.90 Å². The molecule has 2 heterocycles.